The van der Waals surface area contributed by atoms with Gasteiger partial charge in [0.25, 0.3) is 5.91 Å². The molecule has 2 rings (SSSR count). The van der Waals surface area contributed by atoms with Crippen molar-refractivity contribution in [3.8, 4) is 0 Å². The van der Waals surface area contributed by atoms with Crippen molar-refractivity contribution in [3.63, 3.8) is 0 Å². The Morgan fingerprint density at radius 3 is 2.79 bits per heavy atom. The van der Waals surface area contributed by atoms with E-state index in [1.165, 1.54) is 0 Å². The van der Waals surface area contributed by atoms with Crippen molar-refractivity contribution in [3.05, 3.63) is 58.0 Å². The number of rotatable bonds is 4. The zero-order valence-electron chi connectivity index (χ0n) is 9.85. The molecule has 0 spiro atoms. The molecule has 19 heavy (non-hydrogen) atoms. The normalized spacial score (nSPS) is 10.2. The van der Waals surface area contributed by atoms with Gasteiger partial charge in [0.15, 0.2) is 10.4 Å². The second kappa shape index (κ2) is 5.99. The van der Waals surface area contributed by atoms with Crippen LogP contribution in [0.25, 0.3) is 0 Å². The number of carbonyl (C=O) groups is 1. The highest BCUT2D eigenvalue weighted by Gasteiger charge is 2.09. The number of nitrogens with one attached hydrogen (secondary N) is 1. The van der Waals surface area contributed by atoms with Gasteiger partial charge in [-0.1, -0.05) is 30.4 Å². The van der Waals surface area contributed by atoms with E-state index in [2.05, 4.69) is 21.2 Å². The van der Waals surface area contributed by atoms with Crippen LogP contribution in [-0.4, -0.2) is 10.9 Å². The first kappa shape index (κ1) is 13.8. The topological polar surface area (TPSA) is 68.3 Å². The fraction of sp³-hybridized carbons (Fsp3) is 0.0769. The van der Waals surface area contributed by atoms with Gasteiger partial charge in [-0.25, -0.2) is 0 Å². The van der Waals surface area contributed by atoms with Crippen LogP contribution in [0.15, 0.2) is 45.5 Å². The van der Waals surface area contributed by atoms with E-state index in [-0.39, 0.29) is 11.7 Å². The van der Waals surface area contributed by atoms with Crippen LogP contribution in [0.3, 0.4) is 0 Å². The molecule has 0 atom stereocenters. The summed E-state index contributed by atoms with van der Waals surface area (Å²) in [5.74, 6) is -0.0104. The second-order valence-corrected chi connectivity index (χ2v) is 5.07. The second-order valence-electron chi connectivity index (χ2n) is 3.85. The van der Waals surface area contributed by atoms with E-state index in [1.807, 2.05) is 24.3 Å². The van der Waals surface area contributed by atoms with Gasteiger partial charge in [-0.15, -0.1) is 0 Å². The quantitative estimate of drug-likeness (QED) is 0.841. The molecule has 0 fully saturated rings. The predicted molar refractivity (Wildman–Crippen MR) is 79.9 cm³/mol. The summed E-state index contributed by atoms with van der Waals surface area (Å²) in [6.45, 7) is 0.383. The molecule has 0 unspecified atom stereocenters. The summed E-state index contributed by atoms with van der Waals surface area (Å²) in [5.41, 5.74) is 7.26. The monoisotopic (exact) mass is 338 g/mol. The van der Waals surface area contributed by atoms with Gasteiger partial charge in [0, 0.05) is 12.1 Å². The highest BCUT2D eigenvalue weighted by Crippen LogP contribution is 2.14. The fourth-order valence-corrected chi connectivity index (χ4v) is 1.97. The highest BCUT2D eigenvalue weighted by atomic mass is 79.9. The average molecular weight is 339 g/mol. The molecule has 1 aromatic heterocycles. The van der Waals surface area contributed by atoms with E-state index in [4.69, 9.17) is 22.4 Å². The minimum absolute atomic E-state index is 0.261. The Morgan fingerprint density at radius 2 is 2.16 bits per heavy atom. The van der Waals surface area contributed by atoms with Gasteiger partial charge in [-0.2, -0.15) is 0 Å². The summed E-state index contributed by atoms with van der Waals surface area (Å²) < 4.78 is 5.68. The van der Waals surface area contributed by atoms with Gasteiger partial charge in [-0.05, 0) is 39.7 Å². The molecule has 1 heterocycles. The molecule has 0 aliphatic carbocycles. The fourth-order valence-electron chi connectivity index (χ4n) is 1.54. The van der Waals surface area contributed by atoms with Crippen molar-refractivity contribution >= 4 is 39.0 Å². The van der Waals surface area contributed by atoms with Crippen LogP contribution in [0, 0.1) is 0 Å². The van der Waals surface area contributed by atoms with Gasteiger partial charge in [-0.3, -0.25) is 4.79 Å². The molecule has 0 radical (unpaired) electrons. The van der Waals surface area contributed by atoms with Crippen LogP contribution in [0.4, 0.5) is 0 Å². The maximum atomic E-state index is 11.8. The van der Waals surface area contributed by atoms with Crippen molar-refractivity contribution in [1.29, 1.82) is 0 Å². The highest BCUT2D eigenvalue weighted by molar-refractivity contribution is 9.10. The van der Waals surface area contributed by atoms with E-state index in [9.17, 15) is 4.79 Å². The number of halogens is 1. The molecule has 98 valence electrons. The van der Waals surface area contributed by atoms with Crippen molar-refractivity contribution in [2.75, 3.05) is 0 Å². The number of carbonyl (C=O) groups excluding carboxylic acids is 1. The molecule has 1 amide bonds. The molecule has 0 saturated heterocycles. The first-order valence-corrected chi connectivity index (χ1v) is 6.68. The number of hydrogen-bond acceptors (Lipinski definition) is 3. The molecule has 6 heteroatoms. The van der Waals surface area contributed by atoms with Gasteiger partial charge in [0.05, 0.1) is 0 Å². The zero-order chi connectivity index (χ0) is 13.8. The summed E-state index contributed by atoms with van der Waals surface area (Å²) in [7, 11) is 0. The third-order valence-electron chi connectivity index (χ3n) is 2.46. The van der Waals surface area contributed by atoms with Crippen molar-refractivity contribution in [2.24, 2.45) is 5.73 Å². The maximum absolute atomic E-state index is 11.8. The van der Waals surface area contributed by atoms with E-state index in [1.54, 1.807) is 12.1 Å². The largest absolute Gasteiger partial charge is 0.444 e. The standard InChI is InChI=1S/C13H11BrN2O2S/c14-11-5-4-10(18-11)13(17)16-7-8-2-1-3-9(6-8)12(15)19/h1-6H,7H2,(H2,15,19)(H,16,17). The first-order valence-electron chi connectivity index (χ1n) is 5.48. The molecule has 0 saturated carbocycles. The predicted octanol–water partition coefficient (Wildman–Crippen LogP) is 2.61. The van der Waals surface area contributed by atoms with Crippen LogP contribution in [-0.2, 0) is 6.54 Å². The minimum atomic E-state index is -0.272. The molecule has 0 bridgehead atoms. The van der Waals surface area contributed by atoms with Gasteiger partial charge >= 0.3 is 0 Å². The summed E-state index contributed by atoms with van der Waals surface area (Å²) in [4.78, 5) is 12.1. The summed E-state index contributed by atoms with van der Waals surface area (Å²) >= 11 is 8.05. The lowest BCUT2D eigenvalue weighted by Gasteiger charge is -2.05. The van der Waals surface area contributed by atoms with Gasteiger partial charge in [0.2, 0.25) is 0 Å². The Balaban J connectivity index is 2.01. The van der Waals surface area contributed by atoms with Crippen LogP contribution >= 0.6 is 28.1 Å². The van der Waals surface area contributed by atoms with Gasteiger partial charge < -0.3 is 15.5 Å². The number of amides is 1. The zero-order valence-corrected chi connectivity index (χ0v) is 12.3. The van der Waals surface area contributed by atoms with Crippen molar-refractivity contribution in [2.45, 2.75) is 6.54 Å². The van der Waals surface area contributed by atoms with Crippen LogP contribution < -0.4 is 11.1 Å². The third-order valence-corrected chi connectivity index (χ3v) is 3.12. The molecular formula is C13H11BrN2O2S. The van der Waals surface area contributed by atoms with Gasteiger partial charge in [0.1, 0.15) is 4.99 Å². The lowest BCUT2D eigenvalue weighted by Crippen LogP contribution is -2.22. The molecular weight excluding hydrogens is 328 g/mol. The number of thiocarbonyl (C=S) groups is 1. The molecule has 1 aromatic carbocycles. The Kier molecular flexibility index (Phi) is 4.34. The maximum Gasteiger partial charge on any atom is 0.287 e. The number of benzene rings is 1. The SMILES string of the molecule is NC(=S)c1cccc(CNC(=O)c2ccc(Br)o2)c1. The van der Waals surface area contributed by atoms with E-state index < -0.39 is 0 Å². The first-order chi connectivity index (χ1) is 9.06. The molecule has 0 aliphatic rings. The average Bonchev–Trinajstić information content (AvgIpc) is 2.83. The Labute approximate surface area is 124 Å². The van der Waals surface area contributed by atoms with E-state index in [0.29, 0.717) is 16.2 Å². The Morgan fingerprint density at radius 1 is 1.37 bits per heavy atom. The number of nitrogens with two attached hydrogens (primary N) is 1. The molecule has 2 aromatic rings. The lowest BCUT2D eigenvalue weighted by atomic mass is 10.1. The molecule has 0 aliphatic heterocycles. The molecule has 4 nitrogen and oxygen atoms in total. The summed E-state index contributed by atoms with van der Waals surface area (Å²) in [5, 5.41) is 2.76. The van der Waals surface area contributed by atoms with Crippen molar-refractivity contribution < 1.29 is 9.21 Å². The third kappa shape index (κ3) is 3.65. The number of furan rings is 1. The summed E-state index contributed by atoms with van der Waals surface area (Å²) in [6, 6.07) is 10.7. The lowest BCUT2D eigenvalue weighted by molar-refractivity contribution is 0.0922. The number of hydrogen-bond donors (Lipinski definition) is 2. The Bertz CT molecular complexity index is 625. The van der Waals surface area contributed by atoms with Crippen LogP contribution in [0.2, 0.25) is 0 Å². The minimum Gasteiger partial charge on any atom is -0.444 e. The van der Waals surface area contributed by atoms with E-state index in [0.717, 1.165) is 11.1 Å². The van der Waals surface area contributed by atoms with Crippen molar-refractivity contribution in [1.82, 2.24) is 5.32 Å². The van der Waals surface area contributed by atoms with Crippen LogP contribution in [0.5, 0.6) is 0 Å². The summed E-state index contributed by atoms with van der Waals surface area (Å²) in [6.07, 6.45) is 0. The smallest absolute Gasteiger partial charge is 0.287 e. The van der Waals surface area contributed by atoms with E-state index >= 15 is 0 Å². The molecule has 3 N–H and O–H groups in total. The Hall–Kier alpha value is -1.66. The van der Waals surface area contributed by atoms with Crippen LogP contribution in [0.1, 0.15) is 21.7 Å².